The minimum absolute atomic E-state index is 0.706. The first-order valence-electron chi connectivity index (χ1n) is 4.12. The van der Waals surface area contributed by atoms with Crippen molar-refractivity contribution in [3.63, 3.8) is 0 Å². The highest BCUT2D eigenvalue weighted by Crippen LogP contribution is 2.38. The fraction of sp³-hybridized carbons (Fsp3) is 0.600. The van der Waals surface area contributed by atoms with E-state index in [-0.39, 0.29) is 0 Å². The Morgan fingerprint density at radius 3 is 2.36 bits per heavy atom. The van der Waals surface area contributed by atoms with E-state index in [4.69, 9.17) is 0 Å². The SMILES string of the molecule is C=CC1CC(C=C)C(CBr)C1. The number of hydrogen-bond donors (Lipinski definition) is 0. The summed E-state index contributed by atoms with van der Waals surface area (Å²) in [5.74, 6) is 2.22. The monoisotopic (exact) mass is 214 g/mol. The normalized spacial score (nSPS) is 37.0. The zero-order valence-corrected chi connectivity index (χ0v) is 8.39. The first-order valence-corrected chi connectivity index (χ1v) is 5.25. The molecule has 0 saturated heterocycles. The molecule has 0 aromatic rings. The Kier molecular flexibility index (Phi) is 3.38. The molecule has 1 saturated carbocycles. The van der Waals surface area contributed by atoms with Crippen LogP contribution in [-0.4, -0.2) is 5.33 Å². The van der Waals surface area contributed by atoms with Gasteiger partial charge in [-0.15, -0.1) is 13.2 Å². The fourth-order valence-corrected chi connectivity index (χ4v) is 2.60. The minimum Gasteiger partial charge on any atom is -0.103 e. The van der Waals surface area contributed by atoms with Crippen LogP contribution in [0.15, 0.2) is 25.3 Å². The zero-order valence-electron chi connectivity index (χ0n) is 6.80. The Labute approximate surface area is 77.5 Å². The van der Waals surface area contributed by atoms with Crippen molar-refractivity contribution in [1.82, 2.24) is 0 Å². The molecule has 0 bridgehead atoms. The summed E-state index contributed by atoms with van der Waals surface area (Å²) in [6.45, 7) is 7.69. The summed E-state index contributed by atoms with van der Waals surface area (Å²) in [5.41, 5.74) is 0. The van der Waals surface area contributed by atoms with Crippen LogP contribution in [0.4, 0.5) is 0 Å². The van der Waals surface area contributed by atoms with Crippen molar-refractivity contribution >= 4 is 15.9 Å². The van der Waals surface area contributed by atoms with Gasteiger partial charge in [-0.3, -0.25) is 0 Å². The summed E-state index contributed by atoms with van der Waals surface area (Å²) in [6, 6.07) is 0. The van der Waals surface area contributed by atoms with E-state index in [1.165, 1.54) is 12.8 Å². The molecule has 3 atom stereocenters. The van der Waals surface area contributed by atoms with E-state index < -0.39 is 0 Å². The largest absolute Gasteiger partial charge is 0.103 e. The third kappa shape index (κ3) is 1.96. The molecule has 0 aromatic carbocycles. The van der Waals surface area contributed by atoms with Crippen LogP contribution in [-0.2, 0) is 0 Å². The van der Waals surface area contributed by atoms with Crippen LogP contribution in [0.1, 0.15) is 12.8 Å². The summed E-state index contributed by atoms with van der Waals surface area (Å²) < 4.78 is 0. The molecular weight excluding hydrogens is 200 g/mol. The van der Waals surface area contributed by atoms with Gasteiger partial charge < -0.3 is 0 Å². The molecular formula is C10H15Br. The average Bonchev–Trinajstić information content (AvgIpc) is 2.46. The third-order valence-corrected chi connectivity index (χ3v) is 3.45. The molecule has 0 amide bonds. The Hall–Kier alpha value is -0.0400. The van der Waals surface area contributed by atoms with Crippen LogP contribution in [0.2, 0.25) is 0 Å². The van der Waals surface area contributed by atoms with Crippen molar-refractivity contribution in [2.45, 2.75) is 12.8 Å². The summed E-state index contributed by atoms with van der Waals surface area (Å²) in [4.78, 5) is 0. The molecule has 62 valence electrons. The Morgan fingerprint density at radius 2 is 2.00 bits per heavy atom. The maximum atomic E-state index is 3.85. The standard InChI is InChI=1S/C10H15Br/c1-3-8-5-9(4-2)10(6-8)7-11/h3-4,8-10H,1-2,5-7H2. The van der Waals surface area contributed by atoms with E-state index in [0.717, 1.165) is 17.2 Å². The molecule has 0 aliphatic heterocycles. The number of halogens is 1. The van der Waals surface area contributed by atoms with E-state index >= 15 is 0 Å². The summed E-state index contributed by atoms with van der Waals surface area (Å²) in [5, 5.41) is 1.11. The minimum atomic E-state index is 0.706. The molecule has 1 heteroatoms. The van der Waals surface area contributed by atoms with Crippen LogP contribution in [0, 0.1) is 17.8 Å². The lowest BCUT2D eigenvalue weighted by molar-refractivity contribution is 0.515. The van der Waals surface area contributed by atoms with Gasteiger partial charge in [-0.25, -0.2) is 0 Å². The van der Waals surface area contributed by atoms with Gasteiger partial charge >= 0.3 is 0 Å². The van der Waals surface area contributed by atoms with Gasteiger partial charge in [0.1, 0.15) is 0 Å². The van der Waals surface area contributed by atoms with E-state index in [1.807, 2.05) is 0 Å². The highest BCUT2D eigenvalue weighted by atomic mass is 79.9. The molecule has 0 N–H and O–H groups in total. The van der Waals surface area contributed by atoms with Crippen LogP contribution in [0.5, 0.6) is 0 Å². The Bertz CT molecular complexity index is 151. The van der Waals surface area contributed by atoms with Gasteiger partial charge in [0.2, 0.25) is 0 Å². The van der Waals surface area contributed by atoms with Crippen LogP contribution in [0.25, 0.3) is 0 Å². The number of allylic oxidation sites excluding steroid dienone is 2. The zero-order chi connectivity index (χ0) is 8.27. The van der Waals surface area contributed by atoms with Crippen molar-refractivity contribution < 1.29 is 0 Å². The van der Waals surface area contributed by atoms with Crippen LogP contribution >= 0.6 is 15.9 Å². The second-order valence-corrected chi connectivity index (χ2v) is 3.93. The van der Waals surface area contributed by atoms with Crippen molar-refractivity contribution in [3.8, 4) is 0 Å². The van der Waals surface area contributed by atoms with E-state index in [9.17, 15) is 0 Å². The molecule has 0 heterocycles. The topological polar surface area (TPSA) is 0 Å². The lowest BCUT2D eigenvalue weighted by Crippen LogP contribution is -2.05. The van der Waals surface area contributed by atoms with Gasteiger partial charge in [-0.1, -0.05) is 28.1 Å². The van der Waals surface area contributed by atoms with E-state index in [1.54, 1.807) is 0 Å². The maximum Gasteiger partial charge on any atom is 0.00655 e. The van der Waals surface area contributed by atoms with Crippen LogP contribution in [0.3, 0.4) is 0 Å². The fourth-order valence-electron chi connectivity index (χ4n) is 1.86. The molecule has 3 unspecified atom stereocenters. The molecule has 1 fully saturated rings. The molecule has 1 rings (SSSR count). The molecule has 0 radical (unpaired) electrons. The number of hydrogen-bond acceptors (Lipinski definition) is 0. The lowest BCUT2D eigenvalue weighted by atomic mass is 9.99. The second kappa shape index (κ2) is 4.10. The van der Waals surface area contributed by atoms with E-state index in [2.05, 4.69) is 41.2 Å². The molecule has 0 aromatic heterocycles. The molecule has 1 aliphatic carbocycles. The highest BCUT2D eigenvalue weighted by molar-refractivity contribution is 9.09. The summed E-state index contributed by atoms with van der Waals surface area (Å²) >= 11 is 3.53. The second-order valence-electron chi connectivity index (χ2n) is 3.28. The summed E-state index contributed by atoms with van der Waals surface area (Å²) in [7, 11) is 0. The molecule has 1 aliphatic rings. The Balaban J connectivity index is 2.53. The first kappa shape index (κ1) is 9.05. The lowest BCUT2D eigenvalue weighted by Gasteiger charge is -2.10. The van der Waals surface area contributed by atoms with Crippen LogP contribution < -0.4 is 0 Å². The number of alkyl halides is 1. The highest BCUT2D eigenvalue weighted by Gasteiger charge is 2.29. The maximum absolute atomic E-state index is 3.85. The molecule has 11 heavy (non-hydrogen) atoms. The smallest absolute Gasteiger partial charge is 0.00655 e. The van der Waals surface area contributed by atoms with E-state index in [0.29, 0.717) is 5.92 Å². The van der Waals surface area contributed by atoms with Gasteiger partial charge in [-0.2, -0.15) is 0 Å². The summed E-state index contributed by atoms with van der Waals surface area (Å²) in [6.07, 6.45) is 6.71. The van der Waals surface area contributed by atoms with Crippen molar-refractivity contribution in [1.29, 1.82) is 0 Å². The predicted octanol–water partition coefficient (Wildman–Crippen LogP) is 3.40. The predicted molar refractivity (Wildman–Crippen MR) is 53.9 cm³/mol. The molecule has 0 nitrogen and oxygen atoms in total. The van der Waals surface area contributed by atoms with Crippen molar-refractivity contribution in [2.24, 2.45) is 17.8 Å². The van der Waals surface area contributed by atoms with Crippen molar-refractivity contribution in [3.05, 3.63) is 25.3 Å². The molecule has 0 spiro atoms. The van der Waals surface area contributed by atoms with Gasteiger partial charge in [0.25, 0.3) is 0 Å². The average molecular weight is 215 g/mol. The quantitative estimate of drug-likeness (QED) is 0.500. The van der Waals surface area contributed by atoms with Gasteiger partial charge in [0, 0.05) is 5.33 Å². The van der Waals surface area contributed by atoms with Gasteiger partial charge in [0.15, 0.2) is 0 Å². The van der Waals surface area contributed by atoms with Gasteiger partial charge in [-0.05, 0) is 30.6 Å². The first-order chi connectivity index (χ1) is 5.31. The van der Waals surface area contributed by atoms with Crippen molar-refractivity contribution in [2.75, 3.05) is 5.33 Å². The third-order valence-electron chi connectivity index (χ3n) is 2.62. The number of rotatable bonds is 3. The Morgan fingerprint density at radius 1 is 1.27 bits per heavy atom. The van der Waals surface area contributed by atoms with Gasteiger partial charge in [0.05, 0.1) is 0 Å².